The standard InChI is InChI=1S/C43H36O18/c44-23-7-1-19(13-27(23)48)3-11-33(52)58-31-17-43(42(56)57)18-32(39(31)60-34(53)12-4-20-2-8-24(45)28(49)14-20)59-40(54)37-35(21-5-9-25(46)29(50)15-21)36(38(37)41(55)61-43)22-6-10-26(47)30(51)16-22/h1-16,31-32,35-39,44-51H,17-18H2,(H,56,57)/t31-,32-,35+,36+,37-,38+,39+,43-/m1/s1. The summed E-state index contributed by atoms with van der Waals surface area (Å²) in [7, 11) is 0. The van der Waals surface area contributed by atoms with E-state index in [2.05, 4.69) is 0 Å². The molecule has 2 aliphatic carbocycles. The molecule has 0 unspecified atom stereocenters. The number of rotatable bonds is 9. The summed E-state index contributed by atoms with van der Waals surface area (Å²) in [5.74, 6) is -15.6. The molecule has 7 rings (SSSR count). The Balaban J connectivity index is 1.28. The molecule has 2 saturated carbocycles. The van der Waals surface area contributed by atoms with Crippen molar-refractivity contribution in [3.63, 3.8) is 0 Å². The van der Waals surface area contributed by atoms with Crippen molar-refractivity contribution in [1.29, 1.82) is 0 Å². The molecule has 3 fully saturated rings. The van der Waals surface area contributed by atoms with E-state index in [9.17, 15) is 69.9 Å². The third-order valence-electron chi connectivity index (χ3n) is 11.0. The van der Waals surface area contributed by atoms with Crippen LogP contribution in [0.25, 0.3) is 12.2 Å². The van der Waals surface area contributed by atoms with Crippen molar-refractivity contribution in [2.75, 3.05) is 0 Å². The van der Waals surface area contributed by atoms with Crippen LogP contribution in [0.5, 0.6) is 46.0 Å². The van der Waals surface area contributed by atoms with E-state index in [1.54, 1.807) is 0 Å². The Morgan fingerprint density at radius 3 is 1.46 bits per heavy atom. The fourth-order valence-electron chi connectivity index (χ4n) is 8.00. The van der Waals surface area contributed by atoms with Gasteiger partial charge in [-0.05, 0) is 82.9 Å². The van der Waals surface area contributed by atoms with Crippen molar-refractivity contribution in [3.8, 4) is 46.0 Å². The van der Waals surface area contributed by atoms with E-state index in [0.717, 1.165) is 60.7 Å². The molecule has 18 heteroatoms. The molecule has 3 aliphatic rings. The van der Waals surface area contributed by atoms with Crippen molar-refractivity contribution in [2.45, 2.75) is 48.6 Å². The van der Waals surface area contributed by atoms with Crippen LogP contribution < -0.4 is 0 Å². The maximum absolute atomic E-state index is 14.4. The quantitative estimate of drug-likeness (QED) is 0.0501. The topological polar surface area (TPSA) is 304 Å². The molecule has 18 nitrogen and oxygen atoms in total. The zero-order valence-corrected chi connectivity index (χ0v) is 31.4. The molecule has 2 bridgehead atoms. The molecule has 8 atom stereocenters. The zero-order chi connectivity index (χ0) is 43.9. The largest absolute Gasteiger partial charge is 0.504 e. The van der Waals surface area contributed by atoms with Gasteiger partial charge >= 0.3 is 29.8 Å². The van der Waals surface area contributed by atoms with Crippen molar-refractivity contribution < 1.29 is 88.9 Å². The van der Waals surface area contributed by atoms with Gasteiger partial charge in [-0.15, -0.1) is 0 Å². The Morgan fingerprint density at radius 1 is 0.557 bits per heavy atom. The second-order valence-electron chi connectivity index (χ2n) is 14.7. The average Bonchev–Trinajstić information content (AvgIpc) is 3.21. The average molecular weight is 841 g/mol. The molecular formula is C43H36O18. The highest BCUT2D eigenvalue weighted by molar-refractivity contribution is 5.92. The van der Waals surface area contributed by atoms with Gasteiger partial charge in [-0.25, -0.2) is 14.4 Å². The first-order valence-electron chi connectivity index (χ1n) is 18.5. The number of phenols is 8. The number of aliphatic carboxylic acids is 1. The van der Waals surface area contributed by atoms with Crippen LogP contribution in [0.2, 0.25) is 0 Å². The highest BCUT2D eigenvalue weighted by Crippen LogP contribution is 2.61. The Labute approximate surface area is 344 Å². The van der Waals surface area contributed by atoms with E-state index < -0.39 is 136 Å². The fourth-order valence-corrected chi connectivity index (χ4v) is 8.00. The number of carboxylic acids is 1. The lowest BCUT2D eigenvalue weighted by atomic mass is 9.52. The van der Waals surface area contributed by atoms with Gasteiger partial charge in [-0.1, -0.05) is 24.3 Å². The summed E-state index contributed by atoms with van der Waals surface area (Å²) in [6, 6.07) is 14.5. The van der Waals surface area contributed by atoms with Crippen molar-refractivity contribution >= 4 is 42.0 Å². The van der Waals surface area contributed by atoms with E-state index in [4.69, 9.17) is 18.9 Å². The lowest BCUT2D eigenvalue weighted by Gasteiger charge is -2.49. The van der Waals surface area contributed by atoms with Crippen LogP contribution in [0, 0.1) is 11.8 Å². The van der Waals surface area contributed by atoms with Crippen molar-refractivity contribution in [2.24, 2.45) is 11.8 Å². The maximum Gasteiger partial charge on any atom is 0.348 e. The first-order chi connectivity index (χ1) is 28.9. The molecule has 0 aromatic heterocycles. The highest BCUT2D eigenvalue weighted by Gasteiger charge is 2.65. The minimum absolute atomic E-state index is 0.187. The summed E-state index contributed by atoms with van der Waals surface area (Å²) in [5.41, 5.74) is -1.75. The fraction of sp³-hybridized carbons (Fsp3) is 0.233. The summed E-state index contributed by atoms with van der Waals surface area (Å²) in [6.07, 6.45) is -2.83. The summed E-state index contributed by atoms with van der Waals surface area (Å²) in [6.45, 7) is 0. The minimum Gasteiger partial charge on any atom is -0.504 e. The van der Waals surface area contributed by atoms with Gasteiger partial charge in [0.15, 0.2) is 52.1 Å². The molecule has 0 spiro atoms. The van der Waals surface area contributed by atoms with E-state index in [-0.39, 0.29) is 22.3 Å². The molecule has 4 aromatic carbocycles. The predicted molar refractivity (Wildman–Crippen MR) is 205 cm³/mol. The Kier molecular flexibility index (Phi) is 10.9. The molecule has 61 heavy (non-hydrogen) atoms. The number of fused-ring (bicyclic) bond motifs is 3. The SMILES string of the molecule is O=C(C=Cc1ccc(O)c(O)c1)O[C@H]1[C@H](OC(=O)C=Cc2ccc(O)c(O)c2)C[C@]2(C(=O)O)C[C@H]1OC(=O)[C@H]1[C@@H](C(=O)O2)[C@@H](c2ccc(O)c(O)c2)[C@@H]1c1ccc(O)c(O)c1. The molecule has 0 radical (unpaired) electrons. The molecular weight excluding hydrogens is 804 g/mol. The number of benzene rings is 4. The van der Waals surface area contributed by atoms with E-state index >= 15 is 0 Å². The number of esters is 4. The van der Waals surface area contributed by atoms with Gasteiger partial charge < -0.3 is 64.9 Å². The van der Waals surface area contributed by atoms with Gasteiger partial charge in [0.05, 0.1) is 11.8 Å². The molecule has 316 valence electrons. The van der Waals surface area contributed by atoms with Gasteiger partial charge in [0.1, 0.15) is 12.2 Å². The van der Waals surface area contributed by atoms with Gasteiger partial charge in [0.25, 0.3) is 0 Å². The van der Waals surface area contributed by atoms with Gasteiger partial charge in [-0.3, -0.25) is 9.59 Å². The summed E-state index contributed by atoms with van der Waals surface area (Å²) >= 11 is 0. The smallest absolute Gasteiger partial charge is 0.348 e. The van der Waals surface area contributed by atoms with Gasteiger partial charge in [0.2, 0.25) is 5.60 Å². The number of hydrogen-bond donors (Lipinski definition) is 9. The molecule has 0 amide bonds. The monoisotopic (exact) mass is 840 g/mol. The van der Waals surface area contributed by atoms with E-state index in [1.807, 2.05) is 0 Å². The molecule has 4 aromatic rings. The Morgan fingerprint density at radius 2 is 1.00 bits per heavy atom. The second kappa shape index (κ2) is 16.0. The van der Waals surface area contributed by atoms with Gasteiger partial charge in [0, 0.05) is 36.8 Å². The van der Waals surface area contributed by atoms with Crippen LogP contribution in [0.1, 0.15) is 46.9 Å². The highest BCUT2D eigenvalue weighted by atomic mass is 16.6. The summed E-state index contributed by atoms with van der Waals surface area (Å²) in [5, 5.41) is 90.7. The predicted octanol–water partition coefficient (Wildman–Crippen LogP) is 3.78. The summed E-state index contributed by atoms with van der Waals surface area (Å²) in [4.78, 5) is 68.8. The number of carbonyl (C=O) groups excluding carboxylic acids is 4. The Bertz CT molecular complexity index is 2510. The molecule has 1 aliphatic heterocycles. The first kappa shape index (κ1) is 41.3. The van der Waals surface area contributed by atoms with Crippen molar-refractivity contribution in [1.82, 2.24) is 0 Å². The lowest BCUT2D eigenvalue weighted by Crippen LogP contribution is -2.60. The minimum atomic E-state index is -2.58. The third kappa shape index (κ3) is 8.10. The Hall–Kier alpha value is -7.89. The van der Waals surface area contributed by atoms with Crippen LogP contribution in [0.4, 0.5) is 0 Å². The number of carboxylic acid groups (broad SMARTS) is 1. The lowest BCUT2D eigenvalue weighted by molar-refractivity contribution is -0.218. The number of phenolic OH excluding ortho intramolecular Hbond substituents is 8. The number of hydrogen-bond acceptors (Lipinski definition) is 17. The number of carbonyl (C=O) groups is 5. The van der Waals surface area contributed by atoms with Gasteiger partial charge in [-0.2, -0.15) is 0 Å². The van der Waals surface area contributed by atoms with Crippen LogP contribution in [-0.4, -0.2) is 99.7 Å². The number of ether oxygens (including phenoxy) is 4. The maximum atomic E-state index is 14.4. The molecule has 1 saturated heterocycles. The van der Waals surface area contributed by atoms with Crippen LogP contribution in [-0.2, 0) is 42.9 Å². The summed E-state index contributed by atoms with van der Waals surface area (Å²) < 4.78 is 23.1. The first-order valence-corrected chi connectivity index (χ1v) is 18.5. The normalized spacial score (nSPS) is 25.8. The molecule has 9 N–H and O–H groups in total. The second-order valence-corrected chi connectivity index (χ2v) is 14.7. The van der Waals surface area contributed by atoms with E-state index in [1.165, 1.54) is 36.4 Å². The molecule has 1 heterocycles. The van der Waals surface area contributed by atoms with Crippen LogP contribution >= 0.6 is 0 Å². The number of aromatic hydroxyl groups is 8. The third-order valence-corrected chi connectivity index (χ3v) is 11.0. The van der Waals surface area contributed by atoms with Crippen molar-refractivity contribution in [3.05, 3.63) is 107 Å². The zero-order valence-electron chi connectivity index (χ0n) is 31.4. The van der Waals surface area contributed by atoms with Crippen LogP contribution in [0.3, 0.4) is 0 Å². The van der Waals surface area contributed by atoms with Crippen LogP contribution in [0.15, 0.2) is 84.9 Å². The van der Waals surface area contributed by atoms with E-state index in [0.29, 0.717) is 0 Å².